The molecule has 1 aliphatic carbocycles. The first-order valence-corrected chi connectivity index (χ1v) is 19.7. The fourth-order valence-electron chi connectivity index (χ4n) is 9.27. The van der Waals surface area contributed by atoms with Gasteiger partial charge in [0.1, 0.15) is 11.2 Å². The van der Waals surface area contributed by atoms with E-state index >= 15 is 0 Å². The van der Waals surface area contributed by atoms with E-state index in [0.717, 1.165) is 50.6 Å². The summed E-state index contributed by atoms with van der Waals surface area (Å²) in [5, 5.41) is 4.82. The van der Waals surface area contributed by atoms with Gasteiger partial charge in [0.05, 0.1) is 11.0 Å². The largest absolute Gasteiger partial charge is 0.455 e. The number of para-hydroxylation sites is 4. The Labute approximate surface area is 330 Å². The molecule has 0 radical (unpaired) electrons. The van der Waals surface area contributed by atoms with Crippen molar-refractivity contribution >= 4 is 43.7 Å². The molecule has 2 nitrogen and oxygen atoms in total. The Bertz CT molecular complexity index is 3350. The average molecular weight is 726 g/mol. The number of benzene rings is 9. The van der Waals surface area contributed by atoms with E-state index in [1.807, 2.05) is 0 Å². The Hall–Kier alpha value is -7.42. The fraction of sp³-hybridized carbons (Fsp3) is 0.0182. The van der Waals surface area contributed by atoms with Crippen LogP contribution in [0.15, 0.2) is 205 Å². The Morgan fingerprint density at radius 3 is 1.49 bits per heavy atom. The van der Waals surface area contributed by atoms with Crippen LogP contribution in [0.3, 0.4) is 0 Å². The van der Waals surface area contributed by atoms with Crippen molar-refractivity contribution in [3.63, 3.8) is 0 Å². The maximum atomic E-state index is 6.72. The highest BCUT2D eigenvalue weighted by Crippen LogP contribution is 2.44. The quantitative estimate of drug-likeness (QED) is 0.173. The van der Waals surface area contributed by atoms with Gasteiger partial charge in [0.15, 0.2) is 0 Å². The summed E-state index contributed by atoms with van der Waals surface area (Å²) in [6.07, 6.45) is 0.960. The second kappa shape index (κ2) is 12.6. The molecular weight excluding hydrogens is 691 g/mol. The third-order valence-corrected chi connectivity index (χ3v) is 12.0. The van der Waals surface area contributed by atoms with Crippen LogP contribution in [0, 0.1) is 0 Å². The average Bonchev–Trinajstić information content (AvgIpc) is 3.96. The summed E-state index contributed by atoms with van der Waals surface area (Å²) in [5.74, 6) is 0. The third kappa shape index (κ3) is 5.04. The first-order valence-electron chi connectivity index (χ1n) is 19.7. The Balaban J connectivity index is 0.892. The van der Waals surface area contributed by atoms with Crippen LogP contribution in [0.2, 0.25) is 0 Å². The van der Waals surface area contributed by atoms with Crippen LogP contribution >= 0.6 is 0 Å². The van der Waals surface area contributed by atoms with Gasteiger partial charge >= 0.3 is 0 Å². The molecule has 0 N–H and O–H groups in total. The zero-order chi connectivity index (χ0) is 37.5. The van der Waals surface area contributed by atoms with Crippen molar-refractivity contribution in [3.8, 4) is 61.3 Å². The molecule has 57 heavy (non-hydrogen) atoms. The standard InChI is InChI=1S/C55H35NO/c1-3-11-36(12-4-1)44-16-9-18-47-48-19-10-17-45(55(48)57-54(44)47)37-23-21-35(22-24-37)38-25-27-41-31-42-28-26-39(33-50(42)49(41)32-38)40-29-30-53-51(34-40)46-15-7-8-20-52(46)56(53)43-13-5-2-6-14-43/h1-30,32-34H,31H2. The molecule has 2 aromatic heterocycles. The zero-order valence-corrected chi connectivity index (χ0v) is 31.1. The summed E-state index contributed by atoms with van der Waals surface area (Å²) in [7, 11) is 0. The summed E-state index contributed by atoms with van der Waals surface area (Å²) in [4.78, 5) is 0. The van der Waals surface area contributed by atoms with Crippen molar-refractivity contribution in [2.45, 2.75) is 6.42 Å². The van der Waals surface area contributed by atoms with Crippen molar-refractivity contribution < 1.29 is 4.42 Å². The van der Waals surface area contributed by atoms with Crippen LogP contribution in [0.4, 0.5) is 0 Å². The second-order valence-corrected chi connectivity index (χ2v) is 15.3. The number of aromatic nitrogens is 1. The maximum Gasteiger partial charge on any atom is 0.143 e. The number of hydrogen-bond donors (Lipinski definition) is 0. The van der Waals surface area contributed by atoms with E-state index in [2.05, 4.69) is 205 Å². The molecule has 0 bridgehead atoms. The monoisotopic (exact) mass is 725 g/mol. The van der Waals surface area contributed by atoms with E-state index in [4.69, 9.17) is 4.42 Å². The molecule has 0 amide bonds. The molecule has 0 spiro atoms. The number of nitrogens with zero attached hydrogens (tertiary/aromatic N) is 1. The van der Waals surface area contributed by atoms with Gasteiger partial charge in [-0.15, -0.1) is 0 Å². The zero-order valence-electron chi connectivity index (χ0n) is 31.1. The molecule has 0 unspecified atom stereocenters. The number of rotatable bonds is 5. The van der Waals surface area contributed by atoms with Crippen molar-refractivity contribution in [2.75, 3.05) is 0 Å². The normalized spacial score (nSPS) is 12.1. The summed E-state index contributed by atoms with van der Waals surface area (Å²) >= 11 is 0. The molecule has 11 aromatic rings. The van der Waals surface area contributed by atoms with Gasteiger partial charge in [-0.25, -0.2) is 0 Å². The molecule has 1 aliphatic rings. The van der Waals surface area contributed by atoms with E-state index in [0.29, 0.717) is 0 Å². The van der Waals surface area contributed by atoms with Crippen LogP contribution < -0.4 is 0 Å². The lowest BCUT2D eigenvalue weighted by molar-refractivity contribution is 0.671. The van der Waals surface area contributed by atoms with Crippen molar-refractivity contribution in [2.24, 2.45) is 0 Å². The van der Waals surface area contributed by atoms with Gasteiger partial charge in [-0.2, -0.15) is 0 Å². The topological polar surface area (TPSA) is 18.1 Å². The van der Waals surface area contributed by atoms with Gasteiger partial charge in [-0.05, 0) is 105 Å². The molecular formula is C55H35NO. The first kappa shape index (κ1) is 31.9. The van der Waals surface area contributed by atoms with Gasteiger partial charge < -0.3 is 8.98 Å². The summed E-state index contributed by atoms with van der Waals surface area (Å²) in [5.41, 5.74) is 20.3. The van der Waals surface area contributed by atoms with Crippen molar-refractivity contribution in [3.05, 3.63) is 211 Å². The summed E-state index contributed by atoms with van der Waals surface area (Å²) in [6, 6.07) is 72.8. The minimum Gasteiger partial charge on any atom is -0.455 e. The number of fused-ring (bicyclic) bond motifs is 9. The third-order valence-electron chi connectivity index (χ3n) is 12.0. The Kier molecular flexibility index (Phi) is 7.02. The van der Waals surface area contributed by atoms with Gasteiger partial charge in [0, 0.05) is 38.4 Å². The molecule has 266 valence electrons. The molecule has 9 aromatic carbocycles. The minimum absolute atomic E-state index is 0.926. The van der Waals surface area contributed by atoms with Crippen LogP contribution in [0.1, 0.15) is 11.1 Å². The number of furan rings is 1. The predicted octanol–water partition coefficient (Wildman–Crippen LogP) is 14.9. The van der Waals surface area contributed by atoms with Crippen molar-refractivity contribution in [1.29, 1.82) is 0 Å². The van der Waals surface area contributed by atoms with E-state index in [-0.39, 0.29) is 0 Å². The lowest BCUT2D eigenvalue weighted by atomic mass is 9.95. The second-order valence-electron chi connectivity index (χ2n) is 15.3. The first-order chi connectivity index (χ1) is 28.2. The highest BCUT2D eigenvalue weighted by molar-refractivity contribution is 6.13. The molecule has 2 heterocycles. The van der Waals surface area contributed by atoms with Crippen LogP contribution in [-0.2, 0) is 6.42 Å². The highest BCUT2D eigenvalue weighted by atomic mass is 16.3. The van der Waals surface area contributed by atoms with E-state index in [9.17, 15) is 0 Å². The van der Waals surface area contributed by atoms with Crippen LogP contribution in [0.5, 0.6) is 0 Å². The predicted molar refractivity (Wildman–Crippen MR) is 238 cm³/mol. The maximum absolute atomic E-state index is 6.72. The molecule has 0 saturated heterocycles. The minimum atomic E-state index is 0.926. The van der Waals surface area contributed by atoms with Crippen molar-refractivity contribution in [1.82, 2.24) is 4.57 Å². The van der Waals surface area contributed by atoms with Gasteiger partial charge in [-0.1, -0.05) is 158 Å². The van der Waals surface area contributed by atoms with Gasteiger partial charge in [-0.3, -0.25) is 0 Å². The molecule has 2 heteroatoms. The lowest BCUT2D eigenvalue weighted by Crippen LogP contribution is -1.92. The lowest BCUT2D eigenvalue weighted by Gasteiger charge is -2.10. The SMILES string of the molecule is c1ccc(-c2cccc3c2oc2c(-c4ccc(-c5ccc6c(c5)-c5cc(-c7ccc8c(c7)c7ccccc7n8-c7ccccc7)ccc5C6)cc4)cccc23)cc1. The smallest absolute Gasteiger partial charge is 0.143 e. The summed E-state index contributed by atoms with van der Waals surface area (Å²) < 4.78 is 9.10. The van der Waals surface area contributed by atoms with Crippen LogP contribution in [0.25, 0.3) is 105 Å². The van der Waals surface area contributed by atoms with E-state index in [1.54, 1.807) is 0 Å². The molecule has 0 saturated carbocycles. The van der Waals surface area contributed by atoms with E-state index < -0.39 is 0 Å². The molecule has 0 atom stereocenters. The highest BCUT2D eigenvalue weighted by Gasteiger charge is 2.21. The Morgan fingerprint density at radius 2 is 0.807 bits per heavy atom. The fourth-order valence-corrected chi connectivity index (χ4v) is 9.27. The molecule has 0 aliphatic heterocycles. The van der Waals surface area contributed by atoms with Gasteiger partial charge in [0.2, 0.25) is 0 Å². The molecule has 0 fully saturated rings. The summed E-state index contributed by atoms with van der Waals surface area (Å²) in [6.45, 7) is 0. The molecule has 12 rings (SSSR count). The Morgan fingerprint density at radius 1 is 0.316 bits per heavy atom. The number of hydrogen-bond acceptors (Lipinski definition) is 1. The van der Waals surface area contributed by atoms with Gasteiger partial charge in [0.25, 0.3) is 0 Å². The van der Waals surface area contributed by atoms with E-state index in [1.165, 1.54) is 72.0 Å². The van der Waals surface area contributed by atoms with Crippen LogP contribution in [-0.4, -0.2) is 4.57 Å².